The van der Waals surface area contributed by atoms with Gasteiger partial charge in [0.05, 0.1) is 6.04 Å². The highest BCUT2D eigenvalue weighted by Crippen LogP contribution is 2.32. The van der Waals surface area contributed by atoms with Crippen LogP contribution in [0.4, 0.5) is 0 Å². The summed E-state index contributed by atoms with van der Waals surface area (Å²) in [7, 11) is 0. The van der Waals surface area contributed by atoms with E-state index in [1.54, 1.807) is 0 Å². The summed E-state index contributed by atoms with van der Waals surface area (Å²) < 4.78 is 0. The number of aryl methyl sites for hydroxylation is 4. The number of nitrogens with one attached hydrogen (secondary N) is 1. The maximum Gasteiger partial charge on any atom is 0.0676 e. The summed E-state index contributed by atoms with van der Waals surface area (Å²) in [5.74, 6) is 0. The maximum absolute atomic E-state index is 3.64. The molecular formula is C17H23NS. The van der Waals surface area contributed by atoms with Crippen LogP contribution in [0.25, 0.3) is 0 Å². The molecule has 0 aliphatic heterocycles. The summed E-state index contributed by atoms with van der Waals surface area (Å²) in [6.07, 6.45) is 0. The van der Waals surface area contributed by atoms with E-state index in [4.69, 9.17) is 0 Å². The van der Waals surface area contributed by atoms with Crippen molar-refractivity contribution in [3.8, 4) is 0 Å². The zero-order valence-electron chi connectivity index (χ0n) is 12.5. The average molecular weight is 273 g/mol. The molecule has 2 aromatic rings. The van der Waals surface area contributed by atoms with E-state index in [-0.39, 0.29) is 0 Å². The highest BCUT2D eigenvalue weighted by Gasteiger charge is 2.19. The second kappa shape index (κ2) is 5.89. The molecule has 2 heteroatoms. The predicted molar refractivity (Wildman–Crippen MR) is 85.2 cm³/mol. The van der Waals surface area contributed by atoms with Gasteiger partial charge in [0.1, 0.15) is 0 Å². The molecule has 0 aliphatic carbocycles. The molecule has 0 saturated carbocycles. The number of hydrogen-bond acceptors (Lipinski definition) is 2. The van der Waals surface area contributed by atoms with E-state index in [1.165, 1.54) is 32.0 Å². The van der Waals surface area contributed by atoms with E-state index in [0.717, 1.165) is 6.54 Å². The van der Waals surface area contributed by atoms with Crippen molar-refractivity contribution >= 4 is 11.3 Å². The minimum absolute atomic E-state index is 0.323. The van der Waals surface area contributed by atoms with Crippen LogP contribution in [0.3, 0.4) is 0 Å². The Labute approximate surface area is 120 Å². The van der Waals surface area contributed by atoms with Gasteiger partial charge >= 0.3 is 0 Å². The van der Waals surface area contributed by atoms with Gasteiger partial charge in [0.2, 0.25) is 0 Å². The standard InChI is InChI=1S/C17H23NS/c1-6-18-17(15-8-7-14(5)19-15)16-12(3)9-11(2)10-13(16)4/h7-10,17-18H,6H2,1-5H3. The molecule has 0 amide bonds. The summed E-state index contributed by atoms with van der Waals surface area (Å²) in [4.78, 5) is 2.79. The fraction of sp³-hybridized carbons (Fsp3) is 0.412. The van der Waals surface area contributed by atoms with Crippen LogP contribution in [0.5, 0.6) is 0 Å². The number of rotatable bonds is 4. The Balaban J connectivity index is 2.51. The average Bonchev–Trinajstić information content (AvgIpc) is 2.73. The number of benzene rings is 1. The summed E-state index contributed by atoms with van der Waals surface area (Å²) >= 11 is 1.89. The normalized spacial score (nSPS) is 12.7. The highest BCUT2D eigenvalue weighted by molar-refractivity contribution is 7.12. The van der Waals surface area contributed by atoms with Crippen LogP contribution in [0.2, 0.25) is 0 Å². The molecule has 19 heavy (non-hydrogen) atoms. The number of thiophene rings is 1. The molecule has 0 fully saturated rings. The van der Waals surface area contributed by atoms with E-state index in [9.17, 15) is 0 Å². The van der Waals surface area contributed by atoms with Crippen LogP contribution in [0.1, 0.15) is 45.0 Å². The van der Waals surface area contributed by atoms with Gasteiger partial charge in [-0.15, -0.1) is 11.3 Å². The lowest BCUT2D eigenvalue weighted by atomic mass is 9.93. The van der Waals surface area contributed by atoms with Crippen molar-refractivity contribution in [2.45, 2.75) is 40.7 Å². The monoisotopic (exact) mass is 273 g/mol. The Kier molecular flexibility index (Phi) is 4.43. The fourth-order valence-electron chi connectivity index (χ4n) is 2.80. The third kappa shape index (κ3) is 3.07. The molecule has 1 atom stereocenters. The van der Waals surface area contributed by atoms with Gasteiger partial charge in [-0.05, 0) is 63.1 Å². The second-order valence-corrected chi connectivity index (χ2v) is 6.57. The Hall–Kier alpha value is -1.12. The van der Waals surface area contributed by atoms with Crippen molar-refractivity contribution in [1.82, 2.24) is 5.32 Å². The zero-order valence-corrected chi connectivity index (χ0v) is 13.3. The van der Waals surface area contributed by atoms with Gasteiger partial charge in [-0.1, -0.05) is 24.6 Å². The van der Waals surface area contributed by atoms with E-state index >= 15 is 0 Å². The van der Waals surface area contributed by atoms with E-state index in [0.29, 0.717) is 6.04 Å². The minimum atomic E-state index is 0.323. The van der Waals surface area contributed by atoms with Gasteiger partial charge in [0, 0.05) is 9.75 Å². The lowest BCUT2D eigenvalue weighted by molar-refractivity contribution is 0.633. The molecule has 0 aliphatic rings. The molecule has 0 spiro atoms. The lowest BCUT2D eigenvalue weighted by Gasteiger charge is -2.22. The Morgan fingerprint density at radius 1 is 1.05 bits per heavy atom. The van der Waals surface area contributed by atoms with Crippen LogP contribution in [-0.2, 0) is 0 Å². The zero-order chi connectivity index (χ0) is 14.0. The summed E-state index contributed by atoms with van der Waals surface area (Å²) in [6.45, 7) is 11.9. The van der Waals surface area contributed by atoms with Crippen molar-refractivity contribution in [1.29, 1.82) is 0 Å². The Morgan fingerprint density at radius 2 is 1.68 bits per heavy atom. The first-order chi connectivity index (χ1) is 9.02. The van der Waals surface area contributed by atoms with E-state index < -0.39 is 0 Å². The smallest absolute Gasteiger partial charge is 0.0676 e. The maximum atomic E-state index is 3.64. The first-order valence-electron chi connectivity index (χ1n) is 6.90. The third-order valence-corrected chi connectivity index (χ3v) is 4.55. The van der Waals surface area contributed by atoms with Crippen LogP contribution >= 0.6 is 11.3 Å². The van der Waals surface area contributed by atoms with Gasteiger partial charge < -0.3 is 5.32 Å². The molecular weight excluding hydrogens is 250 g/mol. The van der Waals surface area contributed by atoms with Crippen LogP contribution in [-0.4, -0.2) is 6.54 Å². The largest absolute Gasteiger partial charge is 0.306 e. The minimum Gasteiger partial charge on any atom is -0.306 e. The summed E-state index contributed by atoms with van der Waals surface area (Å²) in [6, 6.07) is 9.36. The molecule has 1 aromatic carbocycles. The molecule has 1 heterocycles. The molecule has 1 unspecified atom stereocenters. The first-order valence-corrected chi connectivity index (χ1v) is 7.72. The molecule has 1 N–H and O–H groups in total. The van der Waals surface area contributed by atoms with Gasteiger partial charge in [0.25, 0.3) is 0 Å². The topological polar surface area (TPSA) is 12.0 Å². The Bertz CT molecular complexity index is 545. The molecule has 102 valence electrons. The first kappa shape index (κ1) is 14.3. The SMILES string of the molecule is CCNC(c1ccc(C)s1)c1c(C)cc(C)cc1C. The van der Waals surface area contributed by atoms with Crippen LogP contribution in [0, 0.1) is 27.7 Å². The molecule has 1 aromatic heterocycles. The predicted octanol–water partition coefficient (Wildman–Crippen LogP) is 4.68. The summed E-state index contributed by atoms with van der Waals surface area (Å²) in [5, 5.41) is 3.64. The van der Waals surface area contributed by atoms with Crippen molar-refractivity contribution in [3.63, 3.8) is 0 Å². The second-order valence-electron chi connectivity index (χ2n) is 5.25. The van der Waals surface area contributed by atoms with Crippen LogP contribution < -0.4 is 5.32 Å². The molecule has 0 radical (unpaired) electrons. The Morgan fingerprint density at radius 3 is 2.16 bits per heavy atom. The lowest BCUT2D eigenvalue weighted by Crippen LogP contribution is -2.23. The van der Waals surface area contributed by atoms with E-state index in [2.05, 4.69) is 64.2 Å². The molecule has 2 rings (SSSR count). The van der Waals surface area contributed by atoms with Gasteiger partial charge in [0.15, 0.2) is 0 Å². The fourth-order valence-corrected chi connectivity index (χ4v) is 3.77. The van der Waals surface area contributed by atoms with Gasteiger partial charge in [-0.25, -0.2) is 0 Å². The van der Waals surface area contributed by atoms with Crippen molar-refractivity contribution in [2.75, 3.05) is 6.54 Å². The van der Waals surface area contributed by atoms with Gasteiger partial charge in [-0.2, -0.15) is 0 Å². The van der Waals surface area contributed by atoms with Crippen molar-refractivity contribution < 1.29 is 0 Å². The third-order valence-electron chi connectivity index (χ3n) is 3.48. The quantitative estimate of drug-likeness (QED) is 0.853. The number of hydrogen-bond donors (Lipinski definition) is 1. The van der Waals surface area contributed by atoms with Crippen molar-refractivity contribution in [3.05, 3.63) is 56.3 Å². The summed E-state index contributed by atoms with van der Waals surface area (Å²) in [5.41, 5.74) is 5.55. The van der Waals surface area contributed by atoms with Gasteiger partial charge in [-0.3, -0.25) is 0 Å². The molecule has 0 saturated heterocycles. The van der Waals surface area contributed by atoms with Crippen LogP contribution in [0.15, 0.2) is 24.3 Å². The highest BCUT2D eigenvalue weighted by atomic mass is 32.1. The van der Waals surface area contributed by atoms with Crippen molar-refractivity contribution in [2.24, 2.45) is 0 Å². The van der Waals surface area contributed by atoms with E-state index in [1.807, 2.05) is 11.3 Å². The molecule has 1 nitrogen and oxygen atoms in total. The molecule has 0 bridgehead atoms.